The first-order valence-corrected chi connectivity index (χ1v) is 13.6. The summed E-state index contributed by atoms with van der Waals surface area (Å²) in [5.41, 5.74) is 9.57. The van der Waals surface area contributed by atoms with Gasteiger partial charge in [-0.15, -0.1) is 0 Å². The summed E-state index contributed by atoms with van der Waals surface area (Å²) in [6, 6.07) is 9.26. The molecule has 2 aromatic carbocycles. The van der Waals surface area contributed by atoms with Crippen molar-refractivity contribution in [1.82, 2.24) is 15.2 Å². The van der Waals surface area contributed by atoms with Crippen LogP contribution in [0.4, 0.5) is 11.4 Å². The van der Waals surface area contributed by atoms with Gasteiger partial charge < -0.3 is 35.8 Å². The van der Waals surface area contributed by atoms with E-state index in [0.29, 0.717) is 41.1 Å². The van der Waals surface area contributed by atoms with E-state index in [1.165, 1.54) is 27.2 Å². The summed E-state index contributed by atoms with van der Waals surface area (Å²) in [7, 11) is 1.50. The largest absolute Gasteiger partial charge is 0.493 e. The van der Waals surface area contributed by atoms with Crippen molar-refractivity contribution in [3.63, 3.8) is 0 Å². The van der Waals surface area contributed by atoms with Crippen molar-refractivity contribution in [1.29, 1.82) is 0 Å². The highest BCUT2D eigenvalue weighted by atomic mass is 16.5. The van der Waals surface area contributed by atoms with Crippen molar-refractivity contribution >= 4 is 40.0 Å². The fourth-order valence-corrected chi connectivity index (χ4v) is 4.87. The smallest absolute Gasteiger partial charge is 0.252 e. The third-order valence-corrected chi connectivity index (χ3v) is 7.06. The number of hydrogen-bond donors (Lipinski definition) is 4. The summed E-state index contributed by atoms with van der Waals surface area (Å²) in [4.78, 5) is 42.1. The van der Waals surface area contributed by atoms with Gasteiger partial charge in [-0.2, -0.15) is 0 Å². The van der Waals surface area contributed by atoms with E-state index in [2.05, 4.69) is 15.6 Å². The maximum atomic E-state index is 12.5. The van der Waals surface area contributed by atoms with Gasteiger partial charge in [-0.05, 0) is 42.5 Å². The Bertz CT molecular complexity index is 1460. The lowest BCUT2D eigenvalue weighted by Gasteiger charge is -2.24. The van der Waals surface area contributed by atoms with Crippen LogP contribution >= 0.6 is 0 Å². The Kier molecular flexibility index (Phi) is 9.28. The second-order valence-corrected chi connectivity index (χ2v) is 10.1. The number of nitrogens with two attached hydrogens (primary N) is 1. The highest BCUT2D eigenvalue weighted by Crippen LogP contribution is 2.38. The summed E-state index contributed by atoms with van der Waals surface area (Å²) < 4.78 is 11.5. The van der Waals surface area contributed by atoms with Crippen LogP contribution in [0, 0.1) is 0 Å². The molecule has 1 aliphatic rings. The number of anilines is 2. The summed E-state index contributed by atoms with van der Waals surface area (Å²) >= 11 is 0. The first-order valence-electron chi connectivity index (χ1n) is 13.6. The zero-order chi connectivity index (χ0) is 29.7. The van der Waals surface area contributed by atoms with Gasteiger partial charge in [0.1, 0.15) is 12.7 Å². The summed E-state index contributed by atoms with van der Waals surface area (Å²) in [5, 5.41) is 17.4. The number of fused-ring (bicyclic) bond motifs is 1. The lowest BCUT2D eigenvalue weighted by Crippen LogP contribution is -2.39. The van der Waals surface area contributed by atoms with E-state index < -0.39 is 12.0 Å². The first-order chi connectivity index (χ1) is 19.6. The van der Waals surface area contributed by atoms with Crippen LogP contribution in [0.3, 0.4) is 0 Å². The van der Waals surface area contributed by atoms with Gasteiger partial charge in [-0.1, -0.05) is 19.1 Å². The van der Waals surface area contributed by atoms with Gasteiger partial charge in [0.25, 0.3) is 5.91 Å². The third-order valence-electron chi connectivity index (χ3n) is 7.06. The summed E-state index contributed by atoms with van der Waals surface area (Å²) in [6.07, 6.45) is 3.05. The topological polar surface area (TPSA) is 156 Å². The van der Waals surface area contributed by atoms with Crippen molar-refractivity contribution in [3.05, 3.63) is 53.2 Å². The Labute approximate surface area is 239 Å². The van der Waals surface area contributed by atoms with Gasteiger partial charge >= 0.3 is 0 Å². The number of benzene rings is 2. The highest BCUT2D eigenvalue weighted by molar-refractivity contribution is 6.08. The van der Waals surface area contributed by atoms with Crippen molar-refractivity contribution in [2.24, 2.45) is 5.73 Å². The van der Waals surface area contributed by atoms with Crippen molar-refractivity contribution in [3.8, 4) is 11.5 Å². The normalized spacial score (nSPS) is 13.4. The number of amides is 3. The molecule has 41 heavy (non-hydrogen) atoms. The van der Waals surface area contributed by atoms with E-state index >= 15 is 0 Å². The van der Waals surface area contributed by atoms with Crippen LogP contribution in [0.15, 0.2) is 36.5 Å². The number of pyridine rings is 1. The number of carbonyl (C=O) groups excluding carboxylic acids is 3. The quantitative estimate of drug-likeness (QED) is 0.247. The minimum Gasteiger partial charge on any atom is -0.493 e. The third kappa shape index (κ3) is 7.04. The van der Waals surface area contributed by atoms with E-state index in [1.807, 2.05) is 25.1 Å². The number of rotatable bonds is 13. The predicted molar refractivity (Wildman–Crippen MR) is 155 cm³/mol. The monoisotopic (exact) mass is 563 g/mol. The molecule has 0 aliphatic heterocycles. The van der Waals surface area contributed by atoms with E-state index in [0.717, 1.165) is 29.7 Å². The fraction of sp³-hybridized carbons (Fsp3) is 0.400. The highest BCUT2D eigenvalue weighted by Gasteiger charge is 2.32. The number of nitrogens with zero attached hydrogens (tertiary/aromatic N) is 2. The average molecular weight is 564 g/mol. The molecule has 1 atom stereocenters. The lowest BCUT2D eigenvalue weighted by molar-refractivity contribution is -0.131. The molecule has 0 spiro atoms. The molecule has 11 nitrogen and oxygen atoms in total. The Morgan fingerprint density at radius 2 is 1.95 bits per heavy atom. The fourth-order valence-electron chi connectivity index (χ4n) is 4.87. The minimum absolute atomic E-state index is 0.0742. The summed E-state index contributed by atoms with van der Waals surface area (Å²) in [5.74, 6) is -0.140. The van der Waals surface area contributed by atoms with Gasteiger partial charge in [0.2, 0.25) is 11.8 Å². The molecular formula is C30H37N5O6. The standard InChI is InChI=1S/C30H37N5O6/c1-5-22-19(13-32-17(2)36)7-6-8-25(22)34-29-23-11-28(27(40-4)12-26(23)33-14-24(29)30(31)39)41-16-21(38)15-35(18(3)37)20-9-10-20/h6-8,11-12,14,20-21,38H,5,9-10,13,15-16H2,1-4H3,(H2,31,39)(H,32,36)(H,33,34). The van der Waals surface area contributed by atoms with E-state index in [-0.39, 0.29) is 36.6 Å². The molecule has 1 heterocycles. The molecule has 218 valence electrons. The van der Waals surface area contributed by atoms with Crippen LogP contribution in [0.5, 0.6) is 11.5 Å². The van der Waals surface area contributed by atoms with E-state index in [4.69, 9.17) is 15.2 Å². The molecule has 0 radical (unpaired) electrons. The Morgan fingerprint density at radius 3 is 2.56 bits per heavy atom. The molecule has 1 unspecified atom stereocenters. The zero-order valence-corrected chi connectivity index (χ0v) is 23.8. The van der Waals surface area contributed by atoms with E-state index in [9.17, 15) is 19.5 Å². The number of primary amides is 1. The van der Waals surface area contributed by atoms with Crippen molar-refractivity contribution < 1.29 is 29.0 Å². The molecule has 1 aliphatic carbocycles. The second-order valence-electron chi connectivity index (χ2n) is 10.1. The van der Waals surface area contributed by atoms with Crippen LogP contribution in [0.25, 0.3) is 10.9 Å². The van der Waals surface area contributed by atoms with Crippen LogP contribution in [-0.2, 0) is 22.6 Å². The predicted octanol–water partition coefficient (Wildman–Crippen LogP) is 3.04. The minimum atomic E-state index is -0.911. The van der Waals surface area contributed by atoms with Gasteiger partial charge in [-0.25, -0.2) is 0 Å². The zero-order valence-electron chi connectivity index (χ0n) is 23.8. The number of aliphatic hydroxyl groups is 1. The number of nitrogens with one attached hydrogen (secondary N) is 2. The van der Waals surface area contributed by atoms with Crippen molar-refractivity contribution in [2.45, 2.75) is 58.7 Å². The molecule has 1 saturated carbocycles. The molecule has 0 saturated heterocycles. The number of ether oxygens (including phenoxy) is 2. The lowest BCUT2D eigenvalue weighted by atomic mass is 10.0. The Hall–Kier alpha value is -4.38. The van der Waals surface area contributed by atoms with Crippen molar-refractivity contribution in [2.75, 3.05) is 25.6 Å². The van der Waals surface area contributed by atoms with E-state index in [1.54, 1.807) is 17.0 Å². The molecule has 4 rings (SSSR count). The molecule has 1 fully saturated rings. The van der Waals surface area contributed by atoms with Gasteiger partial charge in [-0.3, -0.25) is 19.4 Å². The Morgan fingerprint density at radius 1 is 1.20 bits per heavy atom. The molecule has 3 aromatic rings. The number of hydrogen-bond acceptors (Lipinski definition) is 8. The maximum absolute atomic E-state index is 12.5. The molecular weight excluding hydrogens is 526 g/mol. The van der Waals surface area contributed by atoms with Gasteiger partial charge in [0, 0.05) is 49.8 Å². The van der Waals surface area contributed by atoms with Gasteiger partial charge in [0.05, 0.1) is 30.4 Å². The van der Waals surface area contributed by atoms with Gasteiger partial charge in [0.15, 0.2) is 11.5 Å². The summed E-state index contributed by atoms with van der Waals surface area (Å²) in [6.45, 7) is 5.44. The molecule has 1 aromatic heterocycles. The number of methoxy groups -OCH3 is 1. The number of carbonyl (C=O) groups is 3. The number of aliphatic hydroxyl groups excluding tert-OH is 1. The van der Waals surface area contributed by atoms with Crippen LogP contribution in [-0.4, -0.2) is 65.1 Å². The maximum Gasteiger partial charge on any atom is 0.252 e. The molecule has 3 amide bonds. The number of aromatic nitrogens is 1. The second kappa shape index (κ2) is 12.9. The van der Waals surface area contributed by atoms with Crippen LogP contribution < -0.4 is 25.8 Å². The van der Waals surface area contributed by atoms with Crippen LogP contribution in [0.1, 0.15) is 55.1 Å². The average Bonchev–Trinajstić information content (AvgIpc) is 3.78. The molecule has 11 heteroatoms. The van der Waals surface area contributed by atoms with Crippen LogP contribution in [0.2, 0.25) is 0 Å². The Balaban J connectivity index is 1.69. The SMILES string of the molecule is CCc1c(CNC(C)=O)cccc1Nc1c(C(N)=O)cnc2cc(OC)c(OCC(O)CN(C(C)=O)C3CC3)cc12. The molecule has 5 N–H and O–H groups in total. The first kappa shape index (κ1) is 29.6. The molecule has 0 bridgehead atoms.